The van der Waals surface area contributed by atoms with E-state index in [2.05, 4.69) is 24.3 Å². The van der Waals surface area contributed by atoms with E-state index in [1.165, 1.54) is 17.8 Å². The summed E-state index contributed by atoms with van der Waals surface area (Å²) in [7, 11) is 0. The first-order valence-corrected chi connectivity index (χ1v) is 11.2. The van der Waals surface area contributed by atoms with E-state index >= 15 is 0 Å². The van der Waals surface area contributed by atoms with Crippen molar-refractivity contribution in [1.29, 1.82) is 0 Å². The number of thioether (sulfide) groups is 1. The van der Waals surface area contributed by atoms with E-state index in [1.807, 2.05) is 78.9 Å². The minimum absolute atomic E-state index is 0.0674. The van der Waals surface area contributed by atoms with Crippen LogP contribution in [-0.2, 0) is 0 Å². The Labute approximate surface area is 190 Å². The van der Waals surface area contributed by atoms with Crippen molar-refractivity contribution >= 4 is 22.5 Å². The van der Waals surface area contributed by atoms with Gasteiger partial charge in [0.15, 0.2) is 0 Å². The van der Waals surface area contributed by atoms with Crippen LogP contribution in [0.4, 0.5) is 0 Å². The third kappa shape index (κ3) is 4.05. The highest BCUT2D eigenvalue weighted by Crippen LogP contribution is 2.43. The number of rotatable bonds is 5. The average Bonchev–Trinajstić information content (AvgIpc) is 2.84. The molecule has 0 bridgehead atoms. The molecule has 3 nitrogen and oxygen atoms in total. The minimum Gasteiger partial charge on any atom is -0.507 e. The highest BCUT2D eigenvalue weighted by molar-refractivity contribution is 7.99. The van der Waals surface area contributed by atoms with Gasteiger partial charge in [0.05, 0.1) is 10.8 Å². The number of benzene rings is 4. The van der Waals surface area contributed by atoms with Gasteiger partial charge in [0, 0.05) is 16.5 Å². The summed E-state index contributed by atoms with van der Waals surface area (Å²) < 4.78 is 5.66. The summed E-state index contributed by atoms with van der Waals surface area (Å²) in [5, 5.41) is 12.8. The smallest absolute Gasteiger partial charge is 0.344 e. The van der Waals surface area contributed by atoms with E-state index in [4.69, 9.17) is 4.42 Å². The zero-order valence-corrected chi connectivity index (χ0v) is 18.0. The monoisotopic (exact) mass is 436 g/mol. The molecule has 0 amide bonds. The van der Waals surface area contributed by atoms with Gasteiger partial charge in [-0.15, -0.1) is 11.8 Å². The molecule has 4 heteroatoms. The van der Waals surface area contributed by atoms with Crippen LogP contribution in [0.2, 0.25) is 0 Å². The molecular weight excluding hydrogens is 416 g/mol. The molecule has 5 aromatic rings. The first-order valence-electron chi connectivity index (χ1n) is 10.3. The van der Waals surface area contributed by atoms with Crippen LogP contribution in [0.1, 0.15) is 16.4 Å². The average molecular weight is 437 g/mol. The summed E-state index contributed by atoms with van der Waals surface area (Å²) >= 11 is 1.52. The summed E-state index contributed by atoms with van der Waals surface area (Å²) in [6.07, 6.45) is 0. The first-order chi connectivity index (χ1) is 15.7. The molecule has 1 aromatic heterocycles. The van der Waals surface area contributed by atoms with Crippen molar-refractivity contribution in [1.82, 2.24) is 0 Å². The first kappa shape index (κ1) is 20.2. The molecule has 0 saturated heterocycles. The molecule has 0 aliphatic rings. The highest BCUT2D eigenvalue weighted by Gasteiger charge is 2.25. The fraction of sp³-hybridized carbons (Fsp3) is 0.0357. The van der Waals surface area contributed by atoms with Crippen molar-refractivity contribution in [2.24, 2.45) is 0 Å². The Kier molecular flexibility index (Phi) is 5.53. The van der Waals surface area contributed by atoms with E-state index in [-0.39, 0.29) is 11.3 Å². The van der Waals surface area contributed by atoms with Crippen LogP contribution in [0.25, 0.3) is 22.1 Å². The van der Waals surface area contributed by atoms with E-state index in [0.29, 0.717) is 5.76 Å². The van der Waals surface area contributed by atoms with Crippen LogP contribution in [0, 0.1) is 0 Å². The van der Waals surface area contributed by atoms with Crippen molar-refractivity contribution < 1.29 is 9.52 Å². The predicted octanol–water partition coefficient (Wildman–Crippen LogP) is 7.05. The van der Waals surface area contributed by atoms with Crippen molar-refractivity contribution in [2.75, 3.05) is 0 Å². The summed E-state index contributed by atoms with van der Waals surface area (Å²) in [5.41, 5.74) is 1.37. The number of aromatic hydroxyl groups is 1. The second-order valence-corrected chi connectivity index (χ2v) is 8.66. The molecule has 0 saturated carbocycles. The topological polar surface area (TPSA) is 50.4 Å². The zero-order chi connectivity index (χ0) is 21.9. The van der Waals surface area contributed by atoms with Crippen LogP contribution in [0.5, 0.6) is 5.75 Å². The Morgan fingerprint density at radius 1 is 0.719 bits per heavy atom. The molecule has 0 fully saturated rings. The van der Waals surface area contributed by atoms with Gasteiger partial charge in [-0.1, -0.05) is 91.0 Å². The Morgan fingerprint density at radius 2 is 1.38 bits per heavy atom. The lowest BCUT2D eigenvalue weighted by Crippen LogP contribution is -2.12. The van der Waals surface area contributed by atoms with Crippen molar-refractivity contribution in [3.63, 3.8) is 0 Å². The Hall–Kier alpha value is -3.76. The molecule has 1 atom stereocenters. The third-order valence-corrected chi connectivity index (χ3v) is 6.63. The maximum absolute atomic E-state index is 13.1. The molecular formula is C28H20O3S. The molecule has 0 aliphatic carbocycles. The van der Waals surface area contributed by atoms with E-state index in [1.54, 1.807) is 0 Å². The minimum atomic E-state index is -0.536. The van der Waals surface area contributed by atoms with Gasteiger partial charge in [-0.3, -0.25) is 0 Å². The Balaban J connectivity index is 1.60. The maximum atomic E-state index is 13.1. The van der Waals surface area contributed by atoms with Gasteiger partial charge in [0.2, 0.25) is 0 Å². The standard InChI is InChI=1S/C28H20O3S/c29-24-18-25(20-10-3-1-4-11-20)31-28(30)26(24)27(21-12-5-2-6-13-21)32-23-16-15-19-9-7-8-14-22(19)17-23/h1-18,27,29H/t27-/m0/s1. The molecule has 32 heavy (non-hydrogen) atoms. The van der Waals surface area contributed by atoms with Crippen molar-refractivity contribution in [2.45, 2.75) is 10.1 Å². The molecule has 4 aromatic carbocycles. The van der Waals surface area contributed by atoms with Crippen molar-refractivity contribution in [3.8, 4) is 17.1 Å². The van der Waals surface area contributed by atoms with Gasteiger partial charge in [-0.2, -0.15) is 0 Å². The predicted molar refractivity (Wildman–Crippen MR) is 130 cm³/mol. The normalized spacial score (nSPS) is 12.0. The van der Waals surface area contributed by atoms with Gasteiger partial charge in [-0.25, -0.2) is 4.79 Å². The van der Waals surface area contributed by atoms with Gasteiger partial charge in [-0.05, 0) is 28.5 Å². The van der Waals surface area contributed by atoms with Gasteiger partial charge in [0.1, 0.15) is 11.5 Å². The lowest BCUT2D eigenvalue weighted by molar-refractivity contribution is 0.442. The van der Waals surface area contributed by atoms with Crippen LogP contribution in [0.15, 0.2) is 123 Å². The van der Waals surface area contributed by atoms with E-state index in [0.717, 1.165) is 26.8 Å². The third-order valence-electron chi connectivity index (χ3n) is 5.36. The number of hydrogen-bond donors (Lipinski definition) is 1. The summed E-state index contributed by atoms with van der Waals surface area (Å²) in [4.78, 5) is 14.1. The molecule has 1 heterocycles. The van der Waals surface area contributed by atoms with E-state index in [9.17, 15) is 9.90 Å². The van der Waals surface area contributed by atoms with Crippen LogP contribution in [0.3, 0.4) is 0 Å². The summed E-state index contributed by atoms with van der Waals surface area (Å²) in [6.45, 7) is 0. The summed E-state index contributed by atoms with van der Waals surface area (Å²) in [6, 6.07) is 34.9. The SMILES string of the molecule is O=c1oc(-c2ccccc2)cc(O)c1[C@@H](Sc1ccc2ccccc2c1)c1ccccc1. The molecule has 0 spiro atoms. The largest absolute Gasteiger partial charge is 0.507 e. The molecule has 5 rings (SSSR count). The highest BCUT2D eigenvalue weighted by atomic mass is 32.2. The lowest BCUT2D eigenvalue weighted by atomic mass is 10.0. The number of fused-ring (bicyclic) bond motifs is 1. The Bertz CT molecular complexity index is 1430. The second kappa shape index (κ2) is 8.77. The van der Waals surface area contributed by atoms with Gasteiger partial charge >= 0.3 is 5.63 Å². The molecule has 156 valence electrons. The number of hydrogen-bond acceptors (Lipinski definition) is 4. The zero-order valence-electron chi connectivity index (χ0n) is 17.1. The van der Waals surface area contributed by atoms with Gasteiger partial charge < -0.3 is 9.52 Å². The molecule has 0 radical (unpaired) electrons. The fourth-order valence-corrected chi connectivity index (χ4v) is 5.02. The Morgan fingerprint density at radius 3 is 2.09 bits per heavy atom. The van der Waals surface area contributed by atoms with E-state index < -0.39 is 10.9 Å². The van der Waals surface area contributed by atoms with Crippen LogP contribution >= 0.6 is 11.8 Å². The van der Waals surface area contributed by atoms with Crippen molar-refractivity contribution in [3.05, 3.63) is 131 Å². The van der Waals surface area contributed by atoms with Crippen LogP contribution < -0.4 is 5.63 Å². The fourth-order valence-electron chi connectivity index (χ4n) is 3.78. The van der Waals surface area contributed by atoms with Crippen LogP contribution in [-0.4, -0.2) is 5.11 Å². The summed E-state index contributed by atoms with van der Waals surface area (Å²) in [5.74, 6) is 0.279. The molecule has 0 unspecified atom stereocenters. The molecule has 1 N–H and O–H groups in total. The quantitative estimate of drug-likeness (QED) is 0.300. The second-order valence-electron chi connectivity index (χ2n) is 7.48. The molecule has 0 aliphatic heterocycles. The maximum Gasteiger partial charge on any atom is 0.344 e. The lowest BCUT2D eigenvalue weighted by Gasteiger charge is -2.18. The van der Waals surface area contributed by atoms with Gasteiger partial charge in [0.25, 0.3) is 0 Å².